The lowest BCUT2D eigenvalue weighted by Crippen LogP contribution is -2.38. The summed E-state index contributed by atoms with van der Waals surface area (Å²) >= 11 is 0. The summed E-state index contributed by atoms with van der Waals surface area (Å²) in [7, 11) is -3.64. The van der Waals surface area contributed by atoms with Gasteiger partial charge in [-0.25, -0.2) is 17.8 Å². The van der Waals surface area contributed by atoms with Crippen LogP contribution in [0.1, 0.15) is 56.7 Å². The number of aromatic amines is 1. The van der Waals surface area contributed by atoms with Crippen LogP contribution in [0.5, 0.6) is 0 Å². The van der Waals surface area contributed by atoms with Gasteiger partial charge in [0.15, 0.2) is 0 Å². The van der Waals surface area contributed by atoms with Crippen molar-refractivity contribution in [1.82, 2.24) is 15.3 Å². The maximum Gasteiger partial charge on any atom is 0.235 e. The number of sulfonamides is 1. The summed E-state index contributed by atoms with van der Waals surface area (Å²) < 4.78 is 45.2. The van der Waals surface area contributed by atoms with E-state index in [4.69, 9.17) is 4.98 Å². The molecule has 2 aromatic heterocycles. The number of piperidine rings is 1. The van der Waals surface area contributed by atoms with E-state index in [1.54, 1.807) is 6.20 Å². The minimum atomic E-state index is -3.64. The number of pyridine rings is 1. The molecule has 0 spiro atoms. The highest BCUT2D eigenvalue weighted by molar-refractivity contribution is 7.93. The molecule has 1 aromatic carbocycles. The second-order valence-corrected chi connectivity index (χ2v) is 12.0. The molecule has 3 aromatic rings. The van der Waals surface area contributed by atoms with Gasteiger partial charge >= 0.3 is 0 Å². The van der Waals surface area contributed by atoms with Gasteiger partial charge in [0, 0.05) is 47.4 Å². The highest BCUT2D eigenvalue weighted by Gasteiger charge is 2.30. The number of fused-ring (bicyclic) bond motifs is 1. The Hall–Kier alpha value is -2.65. The van der Waals surface area contributed by atoms with Crippen LogP contribution in [0.4, 0.5) is 15.8 Å². The maximum atomic E-state index is 15.2. The van der Waals surface area contributed by atoms with Crippen molar-refractivity contribution < 1.29 is 12.8 Å². The average Bonchev–Trinajstić information content (AvgIpc) is 3.50. The lowest BCUT2D eigenvalue weighted by Gasteiger charge is -2.25. The van der Waals surface area contributed by atoms with Gasteiger partial charge in [0.25, 0.3) is 0 Å². The van der Waals surface area contributed by atoms with E-state index in [0.717, 1.165) is 42.9 Å². The Morgan fingerprint density at radius 1 is 1.14 bits per heavy atom. The topological polar surface area (TPSA) is 90.1 Å². The van der Waals surface area contributed by atoms with Gasteiger partial charge in [0.1, 0.15) is 11.5 Å². The van der Waals surface area contributed by atoms with Crippen molar-refractivity contribution in [2.24, 2.45) is 0 Å². The van der Waals surface area contributed by atoms with E-state index in [0.29, 0.717) is 53.8 Å². The zero-order valence-electron chi connectivity index (χ0n) is 20.6. The minimum absolute atomic E-state index is 0.0288. The summed E-state index contributed by atoms with van der Waals surface area (Å²) in [6, 6.07) is 5.20. The highest BCUT2D eigenvalue weighted by Crippen LogP contribution is 2.42. The van der Waals surface area contributed by atoms with Gasteiger partial charge in [-0.3, -0.25) is 4.72 Å². The van der Waals surface area contributed by atoms with Gasteiger partial charge in [0.05, 0.1) is 16.3 Å². The van der Waals surface area contributed by atoms with Crippen molar-refractivity contribution in [3.63, 3.8) is 0 Å². The molecule has 0 amide bonds. The molecule has 0 bridgehead atoms. The molecule has 188 valence electrons. The minimum Gasteiger partial charge on any atom is -0.372 e. The molecule has 7 nitrogen and oxygen atoms in total. The van der Waals surface area contributed by atoms with Gasteiger partial charge < -0.3 is 15.2 Å². The lowest BCUT2D eigenvalue weighted by molar-refractivity contribution is 0.499. The normalized spacial score (nSPS) is 17.6. The smallest absolute Gasteiger partial charge is 0.235 e. The fourth-order valence-electron chi connectivity index (χ4n) is 5.55. The Balaban J connectivity index is 1.69. The number of aromatic nitrogens is 2. The zero-order valence-corrected chi connectivity index (χ0v) is 21.4. The Kier molecular flexibility index (Phi) is 6.48. The summed E-state index contributed by atoms with van der Waals surface area (Å²) in [5.74, 6) is -0.311. The number of H-pyrrole nitrogens is 1. The van der Waals surface area contributed by atoms with Gasteiger partial charge in [-0.05, 0) is 69.8 Å². The average molecular weight is 500 g/mol. The summed E-state index contributed by atoms with van der Waals surface area (Å²) in [5.41, 5.74) is 4.72. The van der Waals surface area contributed by atoms with Gasteiger partial charge in [0.2, 0.25) is 10.0 Å². The van der Waals surface area contributed by atoms with E-state index in [9.17, 15) is 8.42 Å². The number of benzene rings is 1. The SMILES string of the molecule is Cc1nc2[nH]cc(-c3cc(N4CCCC4)ccc3F)c2c(NS(=O)(=O)C2CCNCC2)c1C(C)C. The molecule has 3 N–H and O–H groups in total. The standard InChI is InChI=1S/C26H34FN5O2S/c1-16(2)23-17(3)30-26-24(25(23)31-35(33,34)19-8-10-28-11-9-19)21(15-29-26)20-14-18(6-7-22(20)27)32-12-4-5-13-32/h6-7,14-16,19,28H,4-5,8-13H2,1-3H3,(H2,29,30,31). The number of rotatable bonds is 6. The predicted octanol–water partition coefficient (Wildman–Crippen LogP) is 4.89. The molecule has 0 saturated carbocycles. The van der Waals surface area contributed by atoms with E-state index >= 15 is 4.39 Å². The first-order valence-electron chi connectivity index (χ1n) is 12.5. The zero-order chi connectivity index (χ0) is 24.7. The van der Waals surface area contributed by atoms with Crippen LogP contribution in [0.3, 0.4) is 0 Å². The molecule has 2 aliphatic rings. The Morgan fingerprint density at radius 2 is 1.86 bits per heavy atom. The van der Waals surface area contributed by atoms with Crippen molar-refractivity contribution in [3.05, 3.63) is 41.5 Å². The molecular formula is C26H34FN5O2S. The van der Waals surface area contributed by atoms with Crippen molar-refractivity contribution in [2.45, 2.75) is 57.6 Å². The number of nitrogens with zero attached hydrogens (tertiary/aromatic N) is 2. The summed E-state index contributed by atoms with van der Waals surface area (Å²) in [6.45, 7) is 9.22. The first kappa shape index (κ1) is 24.1. The molecule has 2 aliphatic heterocycles. The van der Waals surface area contributed by atoms with Crippen LogP contribution in [0, 0.1) is 12.7 Å². The Morgan fingerprint density at radius 3 is 2.54 bits per heavy atom. The molecule has 4 heterocycles. The monoisotopic (exact) mass is 499 g/mol. The third kappa shape index (κ3) is 4.51. The Bertz CT molecular complexity index is 1340. The van der Waals surface area contributed by atoms with Crippen LogP contribution in [-0.2, 0) is 10.0 Å². The fraction of sp³-hybridized carbons (Fsp3) is 0.500. The van der Waals surface area contributed by atoms with E-state index in [2.05, 4.69) is 19.9 Å². The van der Waals surface area contributed by atoms with Crippen LogP contribution in [0.15, 0.2) is 24.4 Å². The number of halogens is 1. The summed E-state index contributed by atoms with van der Waals surface area (Å²) in [6.07, 6.45) is 5.13. The molecule has 0 atom stereocenters. The molecule has 35 heavy (non-hydrogen) atoms. The van der Waals surface area contributed by atoms with E-state index in [1.165, 1.54) is 6.07 Å². The molecule has 2 saturated heterocycles. The first-order chi connectivity index (χ1) is 16.8. The van der Waals surface area contributed by atoms with Crippen LogP contribution < -0.4 is 14.9 Å². The largest absolute Gasteiger partial charge is 0.372 e. The van der Waals surface area contributed by atoms with E-state index in [1.807, 2.05) is 32.9 Å². The van der Waals surface area contributed by atoms with E-state index < -0.39 is 15.3 Å². The molecule has 2 fully saturated rings. The van der Waals surface area contributed by atoms with Crippen LogP contribution in [0.25, 0.3) is 22.2 Å². The third-order valence-electron chi connectivity index (χ3n) is 7.31. The van der Waals surface area contributed by atoms with Gasteiger partial charge in [-0.1, -0.05) is 13.8 Å². The molecular weight excluding hydrogens is 465 g/mol. The molecule has 9 heteroatoms. The lowest BCUT2D eigenvalue weighted by atomic mass is 9.95. The maximum absolute atomic E-state index is 15.2. The van der Waals surface area contributed by atoms with Crippen molar-refractivity contribution in [1.29, 1.82) is 0 Å². The summed E-state index contributed by atoms with van der Waals surface area (Å²) in [5, 5.41) is 3.38. The quantitative estimate of drug-likeness (QED) is 0.449. The highest BCUT2D eigenvalue weighted by atomic mass is 32.2. The Labute approximate surface area is 206 Å². The second-order valence-electron chi connectivity index (χ2n) is 10.0. The fourth-order valence-corrected chi connectivity index (χ4v) is 7.06. The van der Waals surface area contributed by atoms with Crippen LogP contribution in [0.2, 0.25) is 0 Å². The number of aryl methyl sites for hydroxylation is 1. The molecule has 5 rings (SSSR count). The second kappa shape index (κ2) is 9.43. The summed E-state index contributed by atoms with van der Waals surface area (Å²) in [4.78, 5) is 10.2. The van der Waals surface area contributed by atoms with Crippen molar-refractivity contribution in [2.75, 3.05) is 35.8 Å². The predicted molar refractivity (Wildman–Crippen MR) is 140 cm³/mol. The van der Waals surface area contributed by atoms with Crippen molar-refractivity contribution >= 4 is 32.4 Å². The van der Waals surface area contributed by atoms with Crippen LogP contribution >= 0.6 is 0 Å². The molecule has 0 radical (unpaired) electrons. The molecule has 0 unspecified atom stereocenters. The van der Waals surface area contributed by atoms with Crippen molar-refractivity contribution in [3.8, 4) is 11.1 Å². The number of hydrogen-bond acceptors (Lipinski definition) is 5. The number of nitrogens with one attached hydrogen (secondary N) is 3. The van der Waals surface area contributed by atoms with Crippen LogP contribution in [-0.4, -0.2) is 49.8 Å². The molecule has 0 aliphatic carbocycles. The van der Waals surface area contributed by atoms with Gasteiger partial charge in [-0.2, -0.15) is 0 Å². The number of hydrogen-bond donors (Lipinski definition) is 3. The van der Waals surface area contributed by atoms with E-state index in [-0.39, 0.29) is 11.7 Å². The number of anilines is 2. The third-order valence-corrected chi connectivity index (χ3v) is 9.14. The first-order valence-corrected chi connectivity index (χ1v) is 14.1. The van der Waals surface area contributed by atoms with Gasteiger partial charge in [-0.15, -0.1) is 0 Å².